The third-order valence-corrected chi connectivity index (χ3v) is 9.61. The highest BCUT2D eigenvalue weighted by Crippen LogP contribution is 2.26. The molecule has 0 aromatic heterocycles. The molecule has 0 unspecified atom stereocenters. The van der Waals surface area contributed by atoms with E-state index in [-0.39, 0.29) is 35.6 Å². The van der Waals surface area contributed by atoms with Crippen molar-refractivity contribution in [2.24, 2.45) is 17.4 Å². The summed E-state index contributed by atoms with van der Waals surface area (Å²) in [7, 11) is 0. The standard InChI is InChI=1S/C33H47ClFN7O3/c1-2-45-30-5-3-4-27(35)26(30)21-41-14-16-42(17-15-41)33(44)31(37)22-8-11-40(12-9-22)13-10-23-18-24(34)6-7-28(23)39-32(43)29-19-25(36)20-38-29/h3-7,18,22,25,29,31,38H,2,8-17,19-21,36-37H2,1H3,(H,39,43)/t25-,29-,31+/m0/s1. The van der Waals surface area contributed by atoms with Crippen molar-refractivity contribution in [1.82, 2.24) is 20.0 Å². The number of halogens is 2. The number of hydrogen-bond acceptors (Lipinski definition) is 8. The second-order valence-corrected chi connectivity index (χ2v) is 12.9. The first-order valence-corrected chi connectivity index (χ1v) is 16.6. The zero-order chi connectivity index (χ0) is 31.9. The van der Waals surface area contributed by atoms with Crippen molar-refractivity contribution in [3.05, 3.63) is 58.4 Å². The largest absolute Gasteiger partial charge is 0.493 e. The van der Waals surface area contributed by atoms with Gasteiger partial charge in [0.25, 0.3) is 0 Å². The summed E-state index contributed by atoms with van der Waals surface area (Å²) in [5.74, 6) is 0.367. The van der Waals surface area contributed by atoms with E-state index in [1.165, 1.54) is 6.07 Å². The lowest BCUT2D eigenvalue weighted by Gasteiger charge is -2.39. The predicted octanol–water partition coefficient (Wildman–Crippen LogP) is 2.43. The molecule has 3 fully saturated rings. The third-order valence-electron chi connectivity index (χ3n) is 9.37. The molecule has 2 aromatic rings. The Bertz CT molecular complexity index is 1320. The van der Waals surface area contributed by atoms with Crippen molar-refractivity contribution in [2.45, 2.75) is 57.3 Å². The van der Waals surface area contributed by atoms with Crippen LogP contribution in [0.25, 0.3) is 0 Å². The van der Waals surface area contributed by atoms with E-state index in [1.807, 2.05) is 24.0 Å². The fourth-order valence-corrected chi connectivity index (χ4v) is 6.83. The van der Waals surface area contributed by atoms with Gasteiger partial charge in [-0.15, -0.1) is 0 Å². The summed E-state index contributed by atoms with van der Waals surface area (Å²) >= 11 is 6.31. The van der Waals surface area contributed by atoms with Gasteiger partial charge in [0.15, 0.2) is 0 Å². The minimum Gasteiger partial charge on any atom is -0.493 e. The average molecular weight is 644 g/mol. The van der Waals surface area contributed by atoms with Crippen molar-refractivity contribution in [2.75, 3.05) is 64.3 Å². The molecule has 10 nitrogen and oxygen atoms in total. The summed E-state index contributed by atoms with van der Waals surface area (Å²) in [6.45, 7) is 8.46. The number of nitrogens with two attached hydrogens (primary N) is 2. The Kier molecular flexibility index (Phi) is 11.7. The van der Waals surface area contributed by atoms with E-state index in [2.05, 4.69) is 20.4 Å². The van der Waals surface area contributed by atoms with Gasteiger partial charge in [0.1, 0.15) is 11.6 Å². The Balaban J connectivity index is 1.06. The molecule has 3 atom stereocenters. The quantitative estimate of drug-likeness (QED) is 0.294. The van der Waals surface area contributed by atoms with E-state index in [0.717, 1.165) is 50.1 Å². The number of carbonyl (C=O) groups is 2. The number of carbonyl (C=O) groups excluding carboxylic acids is 2. The number of ether oxygens (including phenoxy) is 1. The molecule has 0 bridgehead atoms. The van der Waals surface area contributed by atoms with Gasteiger partial charge in [-0.25, -0.2) is 4.39 Å². The molecule has 6 N–H and O–H groups in total. The first-order chi connectivity index (χ1) is 21.7. The fraction of sp³-hybridized carbons (Fsp3) is 0.576. The topological polar surface area (TPSA) is 129 Å². The molecule has 3 aliphatic heterocycles. The number of anilines is 1. The molecule has 3 heterocycles. The van der Waals surface area contributed by atoms with E-state index in [4.69, 9.17) is 27.8 Å². The third kappa shape index (κ3) is 8.72. The van der Waals surface area contributed by atoms with Crippen LogP contribution in [0.15, 0.2) is 36.4 Å². The van der Waals surface area contributed by atoms with Crippen molar-refractivity contribution >= 4 is 29.1 Å². The fourth-order valence-electron chi connectivity index (χ4n) is 6.63. The molecule has 246 valence electrons. The highest BCUT2D eigenvalue weighted by atomic mass is 35.5. The maximum absolute atomic E-state index is 14.5. The van der Waals surface area contributed by atoms with E-state index < -0.39 is 6.04 Å². The lowest BCUT2D eigenvalue weighted by molar-refractivity contribution is -0.136. The summed E-state index contributed by atoms with van der Waals surface area (Å²) in [4.78, 5) is 32.5. The first-order valence-electron chi connectivity index (χ1n) is 16.2. The normalized spacial score (nSPS) is 22.4. The second-order valence-electron chi connectivity index (χ2n) is 12.5. The van der Waals surface area contributed by atoms with Crippen molar-refractivity contribution in [1.29, 1.82) is 0 Å². The van der Waals surface area contributed by atoms with Gasteiger partial charge in [0, 0.05) is 68.1 Å². The summed E-state index contributed by atoms with van der Waals surface area (Å²) in [6, 6.07) is 9.67. The van der Waals surface area contributed by atoms with Crippen LogP contribution in [0.4, 0.5) is 10.1 Å². The van der Waals surface area contributed by atoms with Crippen molar-refractivity contribution in [3.8, 4) is 5.75 Å². The number of hydrogen-bond donors (Lipinski definition) is 4. The van der Waals surface area contributed by atoms with Crippen LogP contribution in [-0.4, -0.2) is 104 Å². The minimum absolute atomic E-state index is 0.00557. The zero-order valence-electron chi connectivity index (χ0n) is 26.2. The van der Waals surface area contributed by atoms with Gasteiger partial charge in [0.05, 0.1) is 18.7 Å². The number of nitrogens with one attached hydrogen (secondary N) is 2. The molecular weight excluding hydrogens is 597 g/mol. The molecule has 0 radical (unpaired) electrons. The maximum atomic E-state index is 14.5. The van der Waals surface area contributed by atoms with Crippen LogP contribution in [0.3, 0.4) is 0 Å². The van der Waals surface area contributed by atoms with Crippen LogP contribution in [-0.2, 0) is 22.6 Å². The number of benzene rings is 2. The van der Waals surface area contributed by atoms with Crippen LogP contribution in [0.1, 0.15) is 37.3 Å². The van der Waals surface area contributed by atoms with Crippen molar-refractivity contribution < 1.29 is 18.7 Å². The number of rotatable bonds is 11. The lowest BCUT2D eigenvalue weighted by atomic mass is 9.88. The Morgan fingerprint density at radius 2 is 1.87 bits per heavy atom. The lowest BCUT2D eigenvalue weighted by Crippen LogP contribution is -2.55. The number of piperazine rings is 1. The summed E-state index contributed by atoms with van der Waals surface area (Å²) < 4.78 is 20.2. The van der Waals surface area contributed by atoms with E-state index in [0.29, 0.717) is 68.6 Å². The van der Waals surface area contributed by atoms with Gasteiger partial charge in [-0.2, -0.15) is 0 Å². The molecule has 0 spiro atoms. The van der Waals surface area contributed by atoms with Crippen LogP contribution >= 0.6 is 11.6 Å². The molecule has 5 rings (SSSR count). The molecule has 45 heavy (non-hydrogen) atoms. The molecule has 0 saturated carbocycles. The minimum atomic E-state index is -0.526. The van der Waals surface area contributed by atoms with Gasteiger partial charge in [0.2, 0.25) is 11.8 Å². The SMILES string of the molecule is CCOc1cccc(F)c1CN1CCN(C(=O)[C@H](N)C2CCN(CCc3cc(Cl)ccc3NC(=O)[C@@H]3C[C@H](N)CN3)CC2)CC1. The molecule has 3 aliphatic rings. The molecule has 3 saturated heterocycles. The second kappa shape index (κ2) is 15.7. The summed E-state index contributed by atoms with van der Waals surface area (Å²) in [5, 5.41) is 6.87. The van der Waals surface area contributed by atoms with Gasteiger partial charge >= 0.3 is 0 Å². The van der Waals surface area contributed by atoms with Crippen molar-refractivity contribution in [3.63, 3.8) is 0 Å². The first kappa shape index (κ1) is 33.6. The summed E-state index contributed by atoms with van der Waals surface area (Å²) in [5.41, 5.74) is 14.8. The van der Waals surface area contributed by atoms with Crippen LogP contribution < -0.4 is 26.8 Å². The maximum Gasteiger partial charge on any atom is 0.241 e. The van der Waals surface area contributed by atoms with Crippen LogP contribution in [0, 0.1) is 11.7 Å². The molecular formula is C33H47ClFN7O3. The van der Waals surface area contributed by atoms with E-state index >= 15 is 0 Å². The Hall–Kier alpha value is -2.80. The highest BCUT2D eigenvalue weighted by molar-refractivity contribution is 6.30. The monoisotopic (exact) mass is 643 g/mol. The van der Waals surface area contributed by atoms with Crippen LogP contribution in [0.5, 0.6) is 5.75 Å². The van der Waals surface area contributed by atoms with Gasteiger partial charge < -0.3 is 36.6 Å². The Morgan fingerprint density at radius 3 is 2.56 bits per heavy atom. The average Bonchev–Trinajstić information content (AvgIpc) is 3.49. The molecule has 2 aromatic carbocycles. The number of nitrogens with zero attached hydrogens (tertiary/aromatic N) is 3. The summed E-state index contributed by atoms with van der Waals surface area (Å²) in [6.07, 6.45) is 3.07. The van der Waals surface area contributed by atoms with E-state index in [1.54, 1.807) is 18.2 Å². The molecule has 0 aliphatic carbocycles. The van der Waals surface area contributed by atoms with E-state index in [9.17, 15) is 14.0 Å². The van der Waals surface area contributed by atoms with Gasteiger partial charge in [-0.1, -0.05) is 17.7 Å². The number of amides is 2. The highest BCUT2D eigenvalue weighted by Gasteiger charge is 2.33. The smallest absolute Gasteiger partial charge is 0.241 e. The Morgan fingerprint density at radius 1 is 1.11 bits per heavy atom. The van der Waals surface area contributed by atoms with Gasteiger partial charge in [-0.3, -0.25) is 14.5 Å². The zero-order valence-corrected chi connectivity index (χ0v) is 26.9. The predicted molar refractivity (Wildman–Crippen MR) is 175 cm³/mol. The Labute approximate surface area is 270 Å². The van der Waals surface area contributed by atoms with Crippen LogP contribution in [0.2, 0.25) is 5.02 Å². The van der Waals surface area contributed by atoms with Gasteiger partial charge in [-0.05, 0) is 87.5 Å². The number of likely N-dealkylation sites (tertiary alicyclic amines) is 1. The molecule has 2 amide bonds. The molecule has 12 heteroatoms. The number of piperidine rings is 1.